The van der Waals surface area contributed by atoms with Crippen LogP contribution in [0.4, 0.5) is 4.79 Å². The van der Waals surface area contributed by atoms with Crippen LogP contribution in [-0.2, 0) is 20.9 Å². The highest BCUT2D eigenvalue weighted by molar-refractivity contribution is 9.10. The highest BCUT2D eigenvalue weighted by Gasteiger charge is 2.36. The molecule has 1 N–H and O–H groups in total. The monoisotopic (exact) mass is 519 g/mol. The van der Waals surface area contributed by atoms with Crippen LogP contribution in [0, 0.1) is 0 Å². The van der Waals surface area contributed by atoms with Crippen molar-refractivity contribution in [2.24, 2.45) is 0 Å². The summed E-state index contributed by atoms with van der Waals surface area (Å²) in [7, 11) is 0. The van der Waals surface area contributed by atoms with Crippen LogP contribution in [-0.4, -0.2) is 46.2 Å². The van der Waals surface area contributed by atoms with E-state index in [1.165, 1.54) is 12.1 Å². The molecule has 0 radical (unpaired) electrons. The van der Waals surface area contributed by atoms with E-state index >= 15 is 0 Å². The maximum atomic E-state index is 12.5. The van der Waals surface area contributed by atoms with Crippen molar-refractivity contribution < 1.29 is 33.8 Å². The largest absolute Gasteiger partial charge is 0.488 e. The number of nitrogens with zero attached hydrogens (tertiary/aromatic N) is 1. The minimum Gasteiger partial charge on any atom is -0.488 e. The molecule has 0 bridgehead atoms. The third-order valence-corrected chi connectivity index (χ3v) is 5.82. The lowest BCUT2D eigenvalue weighted by molar-refractivity contribution is -0.145. The second-order valence-corrected chi connectivity index (χ2v) is 8.40. The number of aromatic carboxylic acids is 1. The lowest BCUT2D eigenvalue weighted by Crippen LogP contribution is -2.34. The van der Waals surface area contributed by atoms with Gasteiger partial charge in [0, 0.05) is 0 Å². The minimum atomic E-state index is -1.01. The summed E-state index contributed by atoms with van der Waals surface area (Å²) in [6.07, 6.45) is 1.56. The van der Waals surface area contributed by atoms with E-state index in [1.54, 1.807) is 43.3 Å². The minimum absolute atomic E-state index is 0.165. The molecule has 166 valence electrons. The van der Waals surface area contributed by atoms with Gasteiger partial charge in [0.25, 0.3) is 11.1 Å². The zero-order valence-electron chi connectivity index (χ0n) is 16.9. The number of thioether (sulfide) groups is 1. The van der Waals surface area contributed by atoms with Crippen molar-refractivity contribution in [3.8, 4) is 5.75 Å². The third-order valence-electron chi connectivity index (χ3n) is 4.29. The predicted octanol–water partition coefficient (Wildman–Crippen LogP) is 4.33. The van der Waals surface area contributed by atoms with Gasteiger partial charge >= 0.3 is 11.9 Å². The summed E-state index contributed by atoms with van der Waals surface area (Å²) < 4.78 is 11.2. The Morgan fingerprint density at radius 2 is 1.97 bits per heavy atom. The average molecular weight is 520 g/mol. The van der Waals surface area contributed by atoms with E-state index < -0.39 is 29.6 Å². The molecule has 0 unspecified atom stereocenters. The van der Waals surface area contributed by atoms with Crippen LogP contribution >= 0.6 is 27.7 Å². The summed E-state index contributed by atoms with van der Waals surface area (Å²) in [5, 5.41) is 8.55. The van der Waals surface area contributed by atoms with E-state index in [9.17, 15) is 19.2 Å². The maximum absolute atomic E-state index is 12.5. The van der Waals surface area contributed by atoms with Crippen molar-refractivity contribution >= 4 is 56.9 Å². The van der Waals surface area contributed by atoms with Crippen LogP contribution in [0.25, 0.3) is 6.08 Å². The molecule has 1 fully saturated rings. The molecule has 0 saturated carbocycles. The van der Waals surface area contributed by atoms with E-state index in [-0.39, 0.29) is 23.7 Å². The summed E-state index contributed by atoms with van der Waals surface area (Å²) in [5.41, 5.74) is 1.53. The van der Waals surface area contributed by atoms with Crippen LogP contribution in [0.2, 0.25) is 0 Å². The summed E-state index contributed by atoms with van der Waals surface area (Å²) >= 11 is 4.17. The van der Waals surface area contributed by atoms with Gasteiger partial charge < -0.3 is 14.6 Å². The Morgan fingerprint density at radius 3 is 2.66 bits per heavy atom. The molecule has 2 aromatic carbocycles. The normalized spacial score (nSPS) is 14.7. The molecule has 0 atom stereocenters. The van der Waals surface area contributed by atoms with Gasteiger partial charge in [-0.15, -0.1) is 0 Å². The first-order valence-electron chi connectivity index (χ1n) is 9.44. The SMILES string of the molecule is CCOC(=O)CN1C(=O)S/C(=C/c2ccc(OCc3cccc(C(=O)O)c3)c(Br)c2)C1=O. The Morgan fingerprint density at radius 1 is 1.19 bits per heavy atom. The maximum Gasteiger partial charge on any atom is 0.335 e. The Labute approximate surface area is 196 Å². The summed E-state index contributed by atoms with van der Waals surface area (Å²) in [6.45, 7) is 1.56. The number of esters is 1. The smallest absolute Gasteiger partial charge is 0.335 e. The van der Waals surface area contributed by atoms with E-state index in [1.807, 2.05) is 0 Å². The van der Waals surface area contributed by atoms with Crippen molar-refractivity contribution in [1.82, 2.24) is 4.90 Å². The first kappa shape index (κ1) is 23.6. The molecule has 32 heavy (non-hydrogen) atoms. The van der Waals surface area contributed by atoms with Gasteiger partial charge in [0.1, 0.15) is 18.9 Å². The number of halogens is 1. The summed E-state index contributed by atoms with van der Waals surface area (Å²) in [4.78, 5) is 48.3. The fourth-order valence-electron chi connectivity index (χ4n) is 2.80. The highest BCUT2D eigenvalue weighted by atomic mass is 79.9. The van der Waals surface area contributed by atoms with Crippen LogP contribution < -0.4 is 4.74 Å². The van der Waals surface area contributed by atoms with Gasteiger partial charge in [-0.25, -0.2) is 4.79 Å². The zero-order chi connectivity index (χ0) is 23.3. The second kappa shape index (κ2) is 10.5. The molecule has 0 aliphatic carbocycles. The van der Waals surface area contributed by atoms with Crippen molar-refractivity contribution in [3.63, 3.8) is 0 Å². The molecule has 1 aliphatic heterocycles. The van der Waals surface area contributed by atoms with E-state index in [0.29, 0.717) is 21.3 Å². The van der Waals surface area contributed by atoms with Crippen molar-refractivity contribution in [1.29, 1.82) is 0 Å². The Bertz CT molecular complexity index is 1120. The Balaban J connectivity index is 1.68. The van der Waals surface area contributed by atoms with Gasteiger partial charge in [-0.3, -0.25) is 19.3 Å². The van der Waals surface area contributed by atoms with Gasteiger partial charge in [0.15, 0.2) is 0 Å². The molecule has 2 amide bonds. The number of carbonyl (C=O) groups is 4. The quantitative estimate of drug-likeness (QED) is 0.405. The number of ether oxygens (including phenoxy) is 2. The molecule has 0 spiro atoms. The van der Waals surface area contributed by atoms with E-state index in [4.69, 9.17) is 14.6 Å². The summed E-state index contributed by atoms with van der Waals surface area (Å²) in [5.74, 6) is -1.68. The molecule has 3 rings (SSSR count). The van der Waals surface area contributed by atoms with Crippen LogP contribution in [0.5, 0.6) is 5.75 Å². The predicted molar refractivity (Wildman–Crippen MR) is 121 cm³/mol. The standard InChI is InChI=1S/C22H18BrNO7S/c1-2-30-19(25)11-24-20(26)18(32-22(24)29)10-13-6-7-17(16(23)9-13)31-12-14-4-3-5-15(8-14)21(27)28/h3-10H,2,11-12H2,1H3,(H,27,28)/b18-10+. The molecule has 8 nitrogen and oxygen atoms in total. The molecule has 1 aliphatic rings. The van der Waals surface area contributed by atoms with Crippen molar-refractivity contribution in [2.45, 2.75) is 13.5 Å². The van der Waals surface area contributed by atoms with Crippen LogP contribution in [0.1, 0.15) is 28.4 Å². The van der Waals surface area contributed by atoms with Crippen molar-refractivity contribution in [2.75, 3.05) is 13.2 Å². The number of carbonyl (C=O) groups excluding carboxylic acids is 3. The molecule has 1 heterocycles. The Kier molecular flexibility index (Phi) is 7.70. The highest BCUT2D eigenvalue weighted by Crippen LogP contribution is 2.34. The first-order valence-corrected chi connectivity index (χ1v) is 11.0. The second-order valence-electron chi connectivity index (χ2n) is 6.56. The number of amides is 2. The van der Waals surface area contributed by atoms with Crippen molar-refractivity contribution in [3.05, 3.63) is 68.5 Å². The lowest BCUT2D eigenvalue weighted by atomic mass is 10.1. The van der Waals surface area contributed by atoms with Crippen LogP contribution in [0.3, 0.4) is 0 Å². The molecule has 0 aromatic heterocycles. The number of carboxylic acids is 1. The van der Waals surface area contributed by atoms with Gasteiger partial charge in [-0.05, 0) is 76.1 Å². The fourth-order valence-corrected chi connectivity index (χ4v) is 4.15. The van der Waals surface area contributed by atoms with E-state index in [2.05, 4.69) is 15.9 Å². The number of hydrogen-bond donors (Lipinski definition) is 1. The number of imide groups is 1. The number of rotatable bonds is 8. The Hall–Kier alpha value is -3.11. The lowest BCUT2D eigenvalue weighted by Gasteiger charge is -2.11. The molecular formula is C22H18BrNO7S. The molecule has 2 aromatic rings. The summed E-state index contributed by atoms with van der Waals surface area (Å²) in [6, 6.07) is 11.6. The average Bonchev–Trinajstić information content (AvgIpc) is 3.01. The molecular weight excluding hydrogens is 502 g/mol. The third kappa shape index (κ3) is 5.77. The topological polar surface area (TPSA) is 110 Å². The number of carboxylic acid groups (broad SMARTS) is 1. The number of benzene rings is 2. The van der Waals surface area contributed by atoms with E-state index in [0.717, 1.165) is 16.7 Å². The van der Waals surface area contributed by atoms with Gasteiger partial charge in [0.05, 0.1) is 21.5 Å². The molecule has 1 saturated heterocycles. The van der Waals surface area contributed by atoms with Gasteiger partial charge in [-0.1, -0.05) is 18.2 Å². The fraction of sp³-hybridized carbons (Fsp3) is 0.182. The first-order chi connectivity index (χ1) is 15.3. The zero-order valence-corrected chi connectivity index (χ0v) is 19.3. The molecule has 10 heteroatoms. The van der Waals surface area contributed by atoms with Gasteiger partial charge in [-0.2, -0.15) is 0 Å². The van der Waals surface area contributed by atoms with Gasteiger partial charge in [0.2, 0.25) is 0 Å². The number of hydrogen-bond acceptors (Lipinski definition) is 7. The van der Waals surface area contributed by atoms with Crippen LogP contribution in [0.15, 0.2) is 51.8 Å².